The molecule has 16 heteroatoms. The topological polar surface area (TPSA) is 47.9 Å². The first-order valence-corrected chi connectivity index (χ1v) is 23.3. The molecule has 1 N–H and O–H groups in total. The van der Waals surface area contributed by atoms with Gasteiger partial charge in [-0.2, -0.15) is 0 Å². The number of methoxy groups -OCH3 is 1. The van der Waals surface area contributed by atoms with Crippen LogP contribution in [0.1, 0.15) is 46.9 Å². The Kier molecular flexibility index (Phi) is 23.3. The Labute approximate surface area is 410 Å². The number of hydrogen-bond donors (Lipinski definition) is 1. The predicted molar refractivity (Wildman–Crippen MR) is 261 cm³/mol. The molecule has 0 fully saturated rings. The van der Waals surface area contributed by atoms with Crippen LogP contribution in [0.2, 0.25) is 10.0 Å². The summed E-state index contributed by atoms with van der Waals surface area (Å²) >= 11 is 21.1. The van der Waals surface area contributed by atoms with E-state index in [1.807, 2.05) is 6.07 Å². The third-order valence-electron chi connectivity index (χ3n) is 9.36. The molecule has 0 bridgehead atoms. The third-order valence-corrected chi connectivity index (χ3v) is 9.86. The molecule has 0 saturated carbocycles. The van der Waals surface area contributed by atoms with Gasteiger partial charge in [-0.05, 0) is 108 Å². The third kappa shape index (κ3) is 18.3. The van der Waals surface area contributed by atoms with Crippen LogP contribution in [0, 0.1) is 11.6 Å². The van der Waals surface area contributed by atoms with Crippen molar-refractivity contribution in [2.75, 3.05) is 20.3 Å². The molecule has 6 aromatic rings. The Bertz CT molecular complexity index is 2430. The lowest BCUT2D eigenvalue weighted by Gasteiger charge is -2.17. The number of ether oxygens (including phenoxy) is 3. The van der Waals surface area contributed by atoms with Crippen molar-refractivity contribution in [1.29, 1.82) is 0 Å². The second kappa shape index (κ2) is 28.2. The molecule has 65 heavy (non-hydrogen) atoms. The molecule has 0 aliphatic heterocycles. The van der Waals surface area contributed by atoms with Crippen LogP contribution < -0.4 is 9.47 Å². The normalized spacial score (nSPS) is 12.6. The number of aliphatic hydroxyl groups is 1. The monoisotopic (exact) mass is 1130 g/mol. The summed E-state index contributed by atoms with van der Waals surface area (Å²) in [4.78, 5) is 0. The smallest absolute Gasteiger partial charge is 0.369 e. The minimum Gasteiger partial charge on any atom is -0.454 e. The van der Waals surface area contributed by atoms with Crippen molar-refractivity contribution in [1.82, 2.24) is 0 Å². The Balaban J connectivity index is 0.000000263. The van der Waals surface area contributed by atoms with Crippen LogP contribution in [-0.4, -0.2) is 28.6 Å². The van der Waals surface area contributed by atoms with Gasteiger partial charge in [0.05, 0.1) is 0 Å². The highest BCUT2D eigenvalue weighted by molar-refractivity contribution is 9.69. The van der Waals surface area contributed by atoms with Gasteiger partial charge in [0, 0.05) is 55.0 Å². The van der Waals surface area contributed by atoms with E-state index in [-0.39, 0.29) is 53.6 Å². The van der Waals surface area contributed by atoms with Crippen LogP contribution in [-0.2, 0) is 17.6 Å². The standard InChI is InChI=1S/C25H22ClF3O2.C24H20ClF3O2.BBr3/c1-30-14-13-21(18-8-10-19(26)11-9-18)25(29)23(28)15-17-7-12-22(27)24(16-17)31-20-5-3-2-4-6-20;25-18-9-7-17(8-10-18)20(12-13-29)24(28)22(27)14-16-6-11-21(26)23(15-16)30-19-4-2-1-3-5-19;2-1(3)4/h2-12,16,21H,13-15H2,1H3;1-11,15,20,29H,12-14H2;/b25-23+;24-22+;. The first-order valence-electron chi connectivity index (χ1n) is 19.8. The summed E-state index contributed by atoms with van der Waals surface area (Å²) in [5.41, 5.74) is 1.85. The number of halogens is 11. The molecule has 6 aromatic carbocycles. The molecule has 0 amide bonds. The zero-order chi connectivity index (χ0) is 47.3. The van der Waals surface area contributed by atoms with E-state index in [4.69, 9.17) is 37.4 Å². The zero-order valence-electron chi connectivity index (χ0n) is 34.7. The van der Waals surface area contributed by atoms with Crippen molar-refractivity contribution in [3.8, 4) is 23.0 Å². The minimum atomic E-state index is -0.985. The Morgan fingerprint density at radius 2 is 0.938 bits per heavy atom. The molecular weight excluding hydrogens is 1090 g/mol. The van der Waals surface area contributed by atoms with Gasteiger partial charge in [0.2, 0.25) is 0 Å². The predicted octanol–water partition coefficient (Wildman–Crippen LogP) is 17.1. The van der Waals surface area contributed by atoms with Crippen molar-refractivity contribution >= 4 is 73.7 Å². The van der Waals surface area contributed by atoms with Gasteiger partial charge in [0.1, 0.15) is 34.8 Å². The largest absolute Gasteiger partial charge is 0.454 e. The molecule has 0 spiro atoms. The fourth-order valence-electron chi connectivity index (χ4n) is 6.24. The number of allylic oxidation sites excluding steroid dienone is 4. The van der Waals surface area contributed by atoms with Crippen LogP contribution >= 0.6 is 70.5 Å². The first-order chi connectivity index (χ1) is 31.2. The summed E-state index contributed by atoms with van der Waals surface area (Å²) in [5.74, 6) is -5.94. The van der Waals surface area contributed by atoms with Crippen molar-refractivity contribution in [2.24, 2.45) is 0 Å². The van der Waals surface area contributed by atoms with Crippen molar-refractivity contribution in [2.45, 2.75) is 37.5 Å². The van der Waals surface area contributed by atoms with Crippen LogP contribution in [0.15, 0.2) is 169 Å². The zero-order valence-corrected chi connectivity index (χ0v) is 40.9. The summed E-state index contributed by atoms with van der Waals surface area (Å²) < 4.78 is 104. The van der Waals surface area contributed by atoms with E-state index >= 15 is 4.39 Å². The quantitative estimate of drug-likeness (QED) is 0.0730. The van der Waals surface area contributed by atoms with Crippen LogP contribution in [0.25, 0.3) is 0 Å². The van der Waals surface area contributed by atoms with Gasteiger partial charge >= 0.3 is 3.18 Å². The molecule has 0 aliphatic rings. The lowest BCUT2D eigenvalue weighted by atomic mass is 9.93. The molecule has 0 heterocycles. The fraction of sp³-hybridized carbons (Fsp3) is 0.184. The number of benzene rings is 6. The number of rotatable bonds is 17. The highest BCUT2D eigenvalue weighted by Gasteiger charge is 2.23. The summed E-state index contributed by atoms with van der Waals surface area (Å²) in [6.45, 7) is -0.0425. The molecule has 342 valence electrons. The van der Waals surface area contributed by atoms with E-state index in [1.54, 1.807) is 103 Å². The summed E-state index contributed by atoms with van der Waals surface area (Å²) in [6, 6.07) is 38.1. The van der Waals surface area contributed by atoms with Gasteiger partial charge in [-0.25, -0.2) is 26.3 Å². The maximum Gasteiger partial charge on any atom is 0.369 e. The Hall–Kier alpha value is -4.02. The molecule has 2 atom stereocenters. The highest BCUT2D eigenvalue weighted by atomic mass is 79.9. The van der Waals surface area contributed by atoms with Crippen LogP contribution in [0.3, 0.4) is 0 Å². The Morgan fingerprint density at radius 3 is 1.29 bits per heavy atom. The van der Waals surface area contributed by atoms with E-state index in [9.17, 15) is 27.1 Å². The summed E-state index contributed by atoms with van der Waals surface area (Å²) in [6.07, 6.45) is -0.406. The molecule has 0 aliphatic carbocycles. The second-order valence-electron chi connectivity index (χ2n) is 14.0. The molecular formula is C49H42BBr3Cl2F6O4. The summed E-state index contributed by atoms with van der Waals surface area (Å²) in [7, 11) is 1.50. The molecule has 2 unspecified atom stereocenters. The van der Waals surface area contributed by atoms with Gasteiger partial charge in [-0.15, -0.1) is 47.3 Å². The Morgan fingerprint density at radius 1 is 0.569 bits per heavy atom. The second-order valence-corrected chi connectivity index (χ2v) is 21.3. The SMILES string of the molecule is BrB(Br)Br.COCCC(/C(F)=C(\F)Cc1ccc(F)c(Oc2ccccc2)c1)c1ccc(Cl)cc1.OCCC(/C(F)=C(\F)Cc1ccc(F)c(Oc2ccccc2)c1)c1ccc(Cl)cc1. The number of hydrogen-bond acceptors (Lipinski definition) is 4. The van der Waals surface area contributed by atoms with Crippen molar-refractivity contribution in [3.63, 3.8) is 0 Å². The van der Waals surface area contributed by atoms with Crippen molar-refractivity contribution in [3.05, 3.63) is 213 Å². The molecule has 0 saturated heterocycles. The lowest BCUT2D eigenvalue weighted by Crippen LogP contribution is -2.06. The van der Waals surface area contributed by atoms with Crippen molar-refractivity contribution < 1.29 is 45.7 Å². The van der Waals surface area contributed by atoms with Gasteiger partial charge < -0.3 is 19.3 Å². The maximum atomic E-state index is 15.1. The van der Waals surface area contributed by atoms with Gasteiger partial charge in [-0.1, -0.05) is 96.0 Å². The molecule has 6 rings (SSSR count). The van der Waals surface area contributed by atoms with Gasteiger partial charge in [-0.3, -0.25) is 0 Å². The highest BCUT2D eigenvalue weighted by Crippen LogP contribution is 2.36. The average Bonchev–Trinajstić information content (AvgIpc) is 3.29. The molecule has 4 nitrogen and oxygen atoms in total. The average molecular weight is 1130 g/mol. The minimum absolute atomic E-state index is 0.0205. The van der Waals surface area contributed by atoms with Crippen LogP contribution in [0.5, 0.6) is 23.0 Å². The van der Waals surface area contributed by atoms with E-state index in [2.05, 4.69) is 47.3 Å². The van der Waals surface area contributed by atoms with E-state index in [0.29, 0.717) is 43.8 Å². The van der Waals surface area contributed by atoms with Gasteiger partial charge in [0.15, 0.2) is 23.1 Å². The summed E-state index contributed by atoms with van der Waals surface area (Å²) in [5, 5.41) is 10.3. The van der Waals surface area contributed by atoms with Crippen LogP contribution in [0.4, 0.5) is 26.3 Å². The number of para-hydroxylation sites is 2. The maximum absolute atomic E-state index is 15.1. The molecule has 0 aromatic heterocycles. The number of aliphatic hydroxyl groups excluding tert-OH is 1. The first kappa shape index (κ1) is 53.6. The van der Waals surface area contributed by atoms with Gasteiger partial charge in [0.25, 0.3) is 0 Å². The van der Waals surface area contributed by atoms with E-state index < -0.39 is 46.8 Å². The van der Waals surface area contributed by atoms with E-state index in [1.165, 1.54) is 37.4 Å². The fourth-order valence-corrected chi connectivity index (χ4v) is 6.49. The van der Waals surface area contributed by atoms with E-state index in [0.717, 1.165) is 6.07 Å². The molecule has 0 radical (unpaired) electrons. The lowest BCUT2D eigenvalue weighted by molar-refractivity contribution is 0.187.